The fraction of sp³-hybridized carbons (Fsp3) is 0.235. The molecule has 31 heavy (non-hydrogen) atoms. The Labute approximate surface area is 223 Å². The molecule has 0 unspecified atom stereocenters. The molecule has 11 nitrogen and oxygen atoms in total. The van der Waals surface area contributed by atoms with E-state index in [4.69, 9.17) is 0 Å². The molecule has 0 atom stereocenters. The standard InChI is InChI=1S/C17H18N4O7S.2Na/c1-10(2)20(19-18-15-6-4-12(21(24)25)8-11(15)3)16-7-5-13(29(26,27)28)9-14(16)17(22)23;;/h4-10H,1-3H3,(H,22,23)(H,26,27,28);;/q;2*+1/p-2. The smallest absolute Gasteiger partial charge is 0.744 e. The van der Waals surface area contributed by atoms with E-state index in [0.717, 1.165) is 12.1 Å². The molecule has 0 aliphatic rings. The number of carbonyl (C=O) groups is 1. The largest absolute Gasteiger partial charge is 1.00 e. The monoisotopic (exact) mass is 466 g/mol. The average Bonchev–Trinajstić information content (AvgIpc) is 2.61. The van der Waals surface area contributed by atoms with Crippen LogP contribution in [-0.4, -0.2) is 29.9 Å². The predicted molar refractivity (Wildman–Crippen MR) is 98.7 cm³/mol. The number of anilines is 1. The van der Waals surface area contributed by atoms with Crippen LogP contribution in [0.15, 0.2) is 51.6 Å². The quantitative estimate of drug-likeness (QED) is 0.131. The van der Waals surface area contributed by atoms with Gasteiger partial charge in [0.15, 0.2) is 0 Å². The molecule has 0 saturated carbocycles. The number of nitrogens with zero attached hydrogens (tertiary/aromatic N) is 4. The van der Waals surface area contributed by atoms with E-state index in [1.165, 1.54) is 23.2 Å². The van der Waals surface area contributed by atoms with Crippen molar-refractivity contribution in [1.82, 2.24) is 0 Å². The summed E-state index contributed by atoms with van der Waals surface area (Å²) in [6.07, 6.45) is 0. The van der Waals surface area contributed by atoms with Gasteiger partial charge in [0, 0.05) is 23.7 Å². The van der Waals surface area contributed by atoms with Crippen molar-refractivity contribution in [3.63, 3.8) is 0 Å². The number of hydrogen-bond donors (Lipinski definition) is 0. The Morgan fingerprint density at radius 1 is 1.13 bits per heavy atom. The third-order valence-corrected chi connectivity index (χ3v) is 4.68. The van der Waals surface area contributed by atoms with Crippen LogP contribution in [0.4, 0.5) is 17.1 Å². The van der Waals surface area contributed by atoms with Crippen LogP contribution < -0.4 is 69.2 Å². The Hall–Kier alpha value is -1.38. The number of nitro benzene ring substituents is 1. The van der Waals surface area contributed by atoms with Crippen molar-refractivity contribution in [1.29, 1.82) is 0 Å². The molecular weight excluding hydrogens is 450 g/mol. The van der Waals surface area contributed by atoms with Crippen LogP contribution in [0.5, 0.6) is 0 Å². The number of non-ortho nitro benzene ring substituents is 1. The van der Waals surface area contributed by atoms with Gasteiger partial charge in [-0.1, -0.05) is 5.22 Å². The van der Waals surface area contributed by atoms with Gasteiger partial charge < -0.3 is 14.5 Å². The zero-order chi connectivity index (χ0) is 21.9. The second-order valence-corrected chi connectivity index (χ2v) is 7.66. The molecular formula is C17H16N4Na2O7S. The van der Waals surface area contributed by atoms with Crippen molar-refractivity contribution in [2.75, 3.05) is 5.01 Å². The first kappa shape index (κ1) is 29.6. The first-order valence-electron chi connectivity index (χ1n) is 8.19. The molecule has 154 valence electrons. The van der Waals surface area contributed by atoms with Crippen LogP contribution >= 0.6 is 0 Å². The third kappa shape index (κ3) is 7.61. The fourth-order valence-electron chi connectivity index (χ4n) is 2.43. The molecule has 0 radical (unpaired) electrons. The Kier molecular flexibility index (Phi) is 11.5. The van der Waals surface area contributed by atoms with Crippen LogP contribution in [0.3, 0.4) is 0 Å². The number of carboxylic acids is 1. The average molecular weight is 466 g/mol. The first-order chi connectivity index (χ1) is 13.4. The summed E-state index contributed by atoms with van der Waals surface area (Å²) in [6.45, 7) is 4.96. The summed E-state index contributed by atoms with van der Waals surface area (Å²) in [7, 11) is -4.86. The van der Waals surface area contributed by atoms with Crippen LogP contribution in [0.2, 0.25) is 0 Å². The first-order valence-corrected chi connectivity index (χ1v) is 9.60. The molecule has 0 aliphatic heterocycles. The van der Waals surface area contributed by atoms with Gasteiger partial charge in [-0.15, -0.1) is 5.11 Å². The maximum absolute atomic E-state index is 11.5. The molecule has 0 bridgehead atoms. The topological polar surface area (TPSA) is 168 Å². The van der Waals surface area contributed by atoms with E-state index in [0.29, 0.717) is 17.3 Å². The predicted octanol–water partition coefficient (Wildman–Crippen LogP) is -3.91. The van der Waals surface area contributed by atoms with Crippen molar-refractivity contribution in [3.05, 3.63) is 57.6 Å². The molecule has 0 heterocycles. The van der Waals surface area contributed by atoms with Crippen LogP contribution in [-0.2, 0) is 10.1 Å². The van der Waals surface area contributed by atoms with Gasteiger partial charge in [0.1, 0.15) is 10.1 Å². The molecule has 14 heteroatoms. The summed E-state index contributed by atoms with van der Waals surface area (Å²) >= 11 is 0. The molecule has 0 saturated heterocycles. The molecule has 0 N–H and O–H groups in total. The summed E-state index contributed by atoms with van der Waals surface area (Å²) in [4.78, 5) is 21.0. The molecule has 0 amide bonds. The van der Waals surface area contributed by atoms with E-state index in [9.17, 15) is 33.0 Å². The minimum absolute atomic E-state index is 0. The zero-order valence-electron chi connectivity index (χ0n) is 17.6. The summed E-state index contributed by atoms with van der Waals surface area (Å²) in [5, 5.41) is 31.5. The van der Waals surface area contributed by atoms with Gasteiger partial charge in [0.25, 0.3) is 5.69 Å². The number of benzene rings is 2. The molecule has 0 fully saturated rings. The number of nitro groups is 1. The summed E-state index contributed by atoms with van der Waals surface area (Å²) in [6, 6.07) is 6.34. The molecule has 2 aromatic rings. The van der Waals surface area contributed by atoms with E-state index < -0.39 is 37.5 Å². The van der Waals surface area contributed by atoms with Crippen molar-refractivity contribution in [2.24, 2.45) is 10.3 Å². The zero-order valence-corrected chi connectivity index (χ0v) is 22.4. The maximum atomic E-state index is 11.5. The summed E-state index contributed by atoms with van der Waals surface area (Å²) in [5.41, 5.74) is 0.0936. The summed E-state index contributed by atoms with van der Waals surface area (Å²) < 4.78 is 33.5. The maximum Gasteiger partial charge on any atom is 1.00 e. The number of carbonyl (C=O) groups excluding carboxylic acids is 1. The number of aromatic carboxylic acids is 1. The van der Waals surface area contributed by atoms with E-state index in [-0.39, 0.29) is 70.5 Å². The Bertz CT molecular complexity index is 1110. The van der Waals surface area contributed by atoms with E-state index in [1.54, 1.807) is 20.8 Å². The SMILES string of the molecule is Cc1cc([N+](=O)[O-])ccc1N=NN(c1ccc(S(=O)(=O)[O-])cc1C(=O)[O-])C(C)C.[Na+].[Na+]. The fourth-order valence-corrected chi connectivity index (χ4v) is 2.92. The molecule has 0 aliphatic carbocycles. The van der Waals surface area contributed by atoms with Gasteiger partial charge in [-0.3, -0.25) is 10.1 Å². The number of carboxylic acid groups (broad SMARTS) is 1. The normalized spacial score (nSPS) is 11.0. The molecule has 2 aromatic carbocycles. The van der Waals surface area contributed by atoms with Gasteiger partial charge in [-0.2, -0.15) is 0 Å². The van der Waals surface area contributed by atoms with Gasteiger partial charge in [0.2, 0.25) is 0 Å². The minimum Gasteiger partial charge on any atom is -0.744 e. The van der Waals surface area contributed by atoms with Gasteiger partial charge in [-0.25, -0.2) is 13.4 Å². The van der Waals surface area contributed by atoms with E-state index in [2.05, 4.69) is 10.3 Å². The second-order valence-electron chi connectivity index (χ2n) is 6.28. The third-order valence-electron chi connectivity index (χ3n) is 3.85. The number of rotatable bonds is 7. The molecule has 0 spiro atoms. The number of aryl methyl sites for hydroxylation is 1. The van der Waals surface area contributed by atoms with Crippen molar-refractivity contribution in [3.8, 4) is 0 Å². The van der Waals surface area contributed by atoms with E-state index >= 15 is 0 Å². The summed E-state index contributed by atoms with van der Waals surface area (Å²) in [5.74, 6) is -1.70. The Morgan fingerprint density at radius 3 is 2.19 bits per heavy atom. The Balaban J connectivity index is 0.00000450. The second kappa shape index (κ2) is 12.0. The van der Waals surface area contributed by atoms with Crippen molar-refractivity contribution >= 4 is 33.1 Å². The van der Waals surface area contributed by atoms with Crippen molar-refractivity contribution < 1.29 is 86.9 Å². The molecule has 2 rings (SSSR count). The van der Waals surface area contributed by atoms with Gasteiger partial charge in [0.05, 0.1) is 27.2 Å². The molecule has 0 aromatic heterocycles. The van der Waals surface area contributed by atoms with Crippen LogP contribution in [0.1, 0.15) is 29.8 Å². The Morgan fingerprint density at radius 2 is 1.74 bits per heavy atom. The van der Waals surface area contributed by atoms with Crippen LogP contribution in [0, 0.1) is 17.0 Å². The minimum atomic E-state index is -4.86. The van der Waals surface area contributed by atoms with Gasteiger partial charge >= 0.3 is 59.1 Å². The van der Waals surface area contributed by atoms with E-state index in [1.807, 2.05) is 0 Å². The van der Waals surface area contributed by atoms with Crippen LogP contribution in [0.25, 0.3) is 0 Å². The number of hydrogen-bond acceptors (Lipinski definition) is 9. The van der Waals surface area contributed by atoms with Gasteiger partial charge in [-0.05, 0) is 50.6 Å². The van der Waals surface area contributed by atoms with Crippen molar-refractivity contribution in [2.45, 2.75) is 31.7 Å².